The monoisotopic (exact) mass is 758 g/mol. The van der Waals surface area contributed by atoms with Gasteiger partial charge >= 0.3 is 5.97 Å². The molecule has 13 heteroatoms. The molecule has 0 saturated carbocycles. The van der Waals surface area contributed by atoms with Crippen molar-refractivity contribution < 1.29 is 50.1 Å². The van der Waals surface area contributed by atoms with Crippen molar-refractivity contribution in [2.45, 2.75) is 38.8 Å². The lowest BCUT2D eigenvalue weighted by atomic mass is 10.1. The number of aromatic nitrogens is 2. The van der Waals surface area contributed by atoms with Crippen molar-refractivity contribution >= 4 is 40.8 Å². The molecule has 1 amide bonds. The fourth-order valence-electron chi connectivity index (χ4n) is 5.88. The molecule has 48 heavy (non-hydrogen) atoms. The highest BCUT2D eigenvalue weighted by Crippen LogP contribution is 2.40. The number of carbonyl (C=O) groups excluding carboxylic acids is 2. The Hall–Kier alpha value is -3.61. The summed E-state index contributed by atoms with van der Waals surface area (Å²) in [4.78, 5) is 27.0. The molecule has 3 aromatic carbocycles. The Labute approximate surface area is 300 Å². The van der Waals surface area contributed by atoms with Gasteiger partial charge in [0.1, 0.15) is 49.7 Å². The van der Waals surface area contributed by atoms with Crippen LogP contribution in [0.5, 0.6) is 11.5 Å². The average Bonchev–Trinajstić information content (AvgIpc) is 3.68. The van der Waals surface area contributed by atoms with E-state index in [0.717, 1.165) is 43.2 Å². The molecule has 6 rings (SSSR count). The van der Waals surface area contributed by atoms with Gasteiger partial charge in [0.15, 0.2) is 0 Å². The first-order chi connectivity index (χ1) is 22.7. The number of esters is 1. The van der Waals surface area contributed by atoms with E-state index in [2.05, 4.69) is 4.90 Å². The minimum Gasteiger partial charge on any atom is -1.00 e. The number of rotatable bonds is 10. The van der Waals surface area contributed by atoms with Gasteiger partial charge in [-0.15, -0.1) is 0 Å². The first-order valence-corrected chi connectivity index (χ1v) is 16.2. The van der Waals surface area contributed by atoms with Crippen LogP contribution in [0.1, 0.15) is 25.0 Å². The van der Waals surface area contributed by atoms with Crippen LogP contribution in [-0.4, -0.2) is 66.8 Å². The van der Waals surface area contributed by atoms with Crippen LogP contribution in [0.25, 0.3) is 0 Å². The Morgan fingerprint density at radius 1 is 0.958 bits per heavy atom. The summed E-state index contributed by atoms with van der Waals surface area (Å²) in [6, 6.07) is 20.7. The number of halogens is 3. The lowest BCUT2D eigenvalue weighted by Gasteiger charge is -2.35. The Bertz CT molecular complexity index is 1710. The average molecular weight is 761 g/mol. The number of imidazole rings is 1. The first kappa shape index (κ1) is 35.7. The fourth-order valence-corrected chi connectivity index (χ4v) is 6.43. The summed E-state index contributed by atoms with van der Waals surface area (Å²) in [5.74, 6) is -0.154. The minimum atomic E-state index is -1.16. The predicted octanol–water partition coefficient (Wildman–Crippen LogP) is 2.08. The largest absolute Gasteiger partial charge is 1.00 e. The number of nitrogens with zero attached hydrogens (tertiary/aromatic N) is 4. The van der Waals surface area contributed by atoms with Gasteiger partial charge in [-0.3, -0.25) is 9.59 Å². The van der Waals surface area contributed by atoms with E-state index in [1.54, 1.807) is 31.2 Å². The zero-order valence-electron chi connectivity index (χ0n) is 26.7. The number of carbonyl (C=O) groups is 2. The fraction of sp³-hybridized carbons (Fsp3) is 0.343. The summed E-state index contributed by atoms with van der Waals surface area (Å²) in [7, 11) is 0. The summed E-state index contributed by atoms with van der Waals surface area (Å²) in [6.07, 6.45) is 5.56. The molecule has 3 heterocycles. The second-order valence-electron chi connectivity index (χ2n) is 11.7. The zero-order valence-corrected chi connectivity index (χ0v) is 29.8. The molecule has 0 unspecified atom stereocenters. The molecule has 254 valence electrons. The number of amides is 1. The van der Waals surface area contributed by atoms with E-state index in [1.807, 2.05) is 75.2 Å². The van der Waals surface area contributed by atoms with Crippen LogP contribution in [0.3, 0.4) is 0 Å². The molecule has 2 aliphatic rings. The molecule has 2 fully saturated rings. The van der Waals surface area contributed by atoms with Crippen LogP contribution in [0.15, 0.2) is 85.5 Å². The Balaban J connectivity index is 0.00000451. The molecule has 2 atom stereocenters. The third-order valence-corrected chi connectivity index (χ3v) is 8.80. The number of benzene rings is 3. The van der Waals surface area contributed by atoms with Crippen LogP contribution >= 0.6 is 23.2 Å². The summed E-state index contributed by atoms with van der Waals surface area (Å²) in [6.45, 7) is 7.61. The van der Waals surface area contributed by atoms with Crippen LogP contribution in [0.4, 0.5) is 5.69 Å². The van der Waals surface area contributed by atoms with E-state index in [0.29, 0.717) is 47.7 Å². The zero-order chi connectivity index (χ0) is 33.0. The lowest BCUT2D eigenvalue weighted by molar-refractivity contribution is -0.688. The topological polar surface area (TPSA) is 86.4 Å². The number of anilines is 1. The van der Waals surface area contributed by atoms with Gasteiger partial charge in [0.2, 0.25) is 18.0 Å². The maximum absolute atomic E-state index is 11.7. The molecule has 2 aliphatic heterocycles. The van der Waals surface area contributed by atoms with E-state index < -0.39 is 5.79 Å². The van der Waals surface area contributed by atoms with E-state index in [9.17, 15) is 9.59 Å². The molecule has 0 aliphatic carbocycles. The van der Waals surface area contributed by atoms with E-state index in [4.69, 9.17) is 42.1 Å². The summed E-state index contributed by atoms with van der Waals surface area (Å²) >= 11 is 12.9. The summed E-state index contributed by atoms with van der Waals surface area (Å²) in [5.41, 5.74) is 2.83. The van der Waals surface area contributed by atoms with Crippen LogP contribution in [-0.2, 0) is 37.9 Å². The van der Waals surface area contributed by atoms with Gasteiger partial charge in [-0.2, -0.15) is 0 Å². The third kappa shape index (κ3) is 8.69. The van der Waals surface area contributed by atoms with Gasteiger partial charge in [-0.1, -0.05) is 41.4 Å². The third-order valence-electron chi connectivity index (χ3n) is 8.25. The molecule has 10 nitrogen and oxygen atoms in total. The van der Waals surface area contributed by atoms with Crippen molar-refractivity contribution in [3.63, 3.8) is 0 Å². The molecule has 4 aromatic rings. The number of ether oxygens (including phenoxy) is 4. The lowest BCUT2D eigenvalue weighted by Crippen LogP contribution is -3.00. The van der Waals surface area contributed by atoms with Gasteiger partial charge in [0.05, 0.1) is 11.6 Å². The molecular weight excluding hydrogens is 723 g/mol. The number of hydrogen-bond donors (Lipinski definition) is 0. The molecular formula is C35H37BrCl2N4O6. The van der Waals surface area contributed by atoms with Crippen molar-refractivity contribution in [3.8, 4) is 11.5 Å². The normalized spacial score (nSPS) is 19.1. The van der Waals surface area contributed by atoms with Crippen molar-refractivity contribution in [3.05, 3.63) is 107 Å². The Kier molecular flexibility index (Phi) is 11.7. The minimum absolute atomic E-state index is 0. The standard InChI is InChI=1S/C35H37Cl2N4O6.BrH/c1-25(42)40-15-17-41(18-16-40)29-6-10-30(11-7-29)44-21-32-22-45-35(47-32,33-12-5-28(36)19-34(33)37)23-39-14-13-38(24-39)20-27-3-8-31(9-4-27)46-26(2)43;/h3-14,19,24,32H,15-18,20-23H2,1-2H3;1H/q+1;/p-1/t32-,35-;/m0./s1. The van der Waals surface area contributed by atoms with Crippen LogP contribution in [0.2, 0.25) is 10.0 Å². The molecule has 1 aromatic heterocycles. The van der Waals surface area contributed by atoms with Crippen LogP contribution in [0, 0.1) is 0 Å². The Morgan fingerprint density at radius 2 is 1.67 bits per heavy atom. The highest BCUT2D eigenvalue weighted by molar-refractivity contribution is 6.35. The first-order valence-electron chi connectivity index (χ1n) is 15.5. The SMILES string of the molecule is CC(=O)Oc1ccc(C[n+]2ccn(C[C@]3(c4ccc(Cl)cc4Cl)OC[C@H](COc4ccc(N5CCN(C(C)=O)CC5)cc4)O3)c2)cc1.[Br-]. The van der Waals surface area contributed by atoms with Crippen molar-refractivity contribution in [1.82, 2.24) is 9.47 Å². The summed E-state index contributed by atoms with van der Waals surface area (Å²) in [5, 5.41) is 0.973. The van der Waals surface area contributed by atoms with E-state index >= 15 is 0 Å². The Morgan fingerprint density at radius 3 is 2.33 bits per heavy atom. The predicted molar refractivity (Wildman–Crippen MR) is 177 cm³/mol. The quantitative estimate of drug-likeness (QED) is 0.139. The van der Waals surface area contributed by atoms with Gasteiger partial charge in [0, 0.05) is 56.3 Å². The highest BCUT2D eigenvalue weighted by atomic mass is 79.9. The second-order valence-corrected chi connectivity index (χ2v) is 12.6. The molecule has 2 saturated heterocycles. The molecule has 0 radical (unpaired) electrons. The second kappa shape index (κ2) is 15.7. The van der Waals surface area contributed by atoms with Gasteiger partial charge in [-0.25, -0.2) is 9.13 Å². The number of hydrogen-bond acceptors (Lipinski definition) is 7. The van der Waals surface area contributed by atoms with Crippen molar-refractivity contribution in [2.24, 2.45) is 0 Å². The maximum Gasteiger partial charge on any atom is 0.308 e. The molecule has 0 spiro atoms. The number of piperazine rings is 1. The highest BCUT2D eigenvalue weighted by Gasteiger charge is 2.47. The maximum atomic E-state index is 11.7. The van der Waals surface area contributed by atoms with Gasteiger partial charge in [-0.05, 0) is 54.1 Å². The molecule has 0 N–H and O–H groups in total. The molecule has 0 bridgehead atoms. The van der Waals surface area contributed by atoms with Crippen LogP contribution < -0.4 is 35.9 Å². The van der Waals surface area contributed by atoms with Gasteiger partial charge < -0.3 is 45.7 Å². The van der Waals surface area contributed by atoms with E-state index in [-0.39, 0.29) is 35.0 Å². The smallest absolute Gasteiger partial charge is 0.308 e. The van der Waals surface area contributed by atoms with Gasteiger partial charge in [0.25, 0.3) is 0 Å². The van der Waals surface area contributed by atoms with Crippen molar-refractivity contribution in [1.29, 1.82) is 0 Å². The van der Waals surface area contributed by atoms with Crippen molar-refractivity contribution in [2.75, 3.05) is 44.3 Å². The summed E-state index contributed by atoms with van der Waals surface area (Å²) < 4.78 is 28.3. The van der Waals surface area contributed by atoms with E-state index in [1.165, 1.54) is 6.92 Å².